The summed E-state index contributed by atoms with van der Waals surface area (Å²) in [7, 11) is 0. The molecule has 3 unspecified atom stereocenters. The molecule has 41 heavy (non-hydrogen) atoms. The molecule has 1 aliphatic heterocycles. The maximum Gasteiger partial charge on any atom is 0.249 e. The summed E-state index contributed by atoms with van der Waals surface area (Å²) in [5.74, 6) is -1.19. The maximum atomic E-state index is 14.0. The SMILES string of the molecule is CC12CCC(C(=O)N(C(Cc3ccccc3)C(=O)Nc3nc(-c4ccc(-c5ccccc5)cc4)cs3)C1=O)C2(C)C. The second-order valence-corrected chi connectivity index (χ2v) is 12.7. The molecular weight excluding hydrogens is 530 g/mol. The van der Waals surface area contributed by atoms with Crippen molar-refractivity contribution in [2.45, 2.75) is 46.1 Å². The van der Waals surface area contributed by atoms with E-state index in [0.29, 0.717) is 18.0 Å². The number of likely N-dealkylation sites (tertiary alicyclic amines) is 1. The van der Waals surface area contributed by atoms with Gasteiger partial charge in [-0.15, -0.1) is 11.3 Å². The summed E-state index contributed by atoms with van der Waals surface area (Å²) < 4.78 is 0. The minimum absolute atomic E-state index is 0.243. The Labute approximate surface area is 244 Å². The second kappa shape index (κ2) is 10.4. The van der Waals surface area contributed by atoms with Crippen LogP contribution in [0.3, 0.4) is 0 Å². The zero-order valence-corrected chi connectivity index (χ0v) is 24.3. The van der Waals surface area contributed by atoms with Gasteiger partial charge < -0.3 is 5.32 Å². The molecule has 3 aromatic carbocycles. The number of carbonyl (C=O) groups is 3. The molecule has 0 spiro atoms. The van der Waals surface area contributed by atoms with E-state index >= 15 is 0 Å². The number of aromatic nitrogens is 1. The van der Waals surface area contributed by atoms with Gasteiger partial charge in [-0.2, -0.15) is 0 Å². The van der Waals surface area contributed by atoms with Gasteiger partial charge in [0.25, 0.3) is 0 Å². The van der Waals surface area contributed by atoms with Gasteiger partial charge in [0.05, 0.1) is 11.1 Å². The van der Waals surface area contributed by atoms with Crippen LogP contribution >= 0.6 is 11.3 Å². The van der Waals surface area contributed by atoms with E-state index in [1.54, 1.807) is 0 Å². The summed E-state index contributed by atoms with van der Waals surface area (Å²) in [6, 6.07) is 26.9. The molecule has 208 valence electrons. The van der Waals surface area contributed by atoms with Crippen molar-refractivity contribution in [3.63, 3.8) is 0 Å². The summed E-state index contributed by atoms with van der Waals surface area (Å²) in [6.07, 6.45) is 1.54. The Balaban J connectivity index is 1.26. The maximum absolute atomic E-state index is 14.0. The molecule has 2 fully saturated rings. The van der Waals surface area contributed by atoms with E-state index in [-0.39, 0.29) is 24.2 Å². The normalized spacial score (nSPS) is 22.0. The molecule has 1 aliphatic carbocycles. The van der Waals surface area contributed by atoms with E-state index in [1.165, 1.54) is 16.2 Å². The zero-order chi connectivity index (χ0) is 28.8. The van der Waals surface area contributed by atoms with Gasteiger partial charge in [0.2, 0.25) is 17.7 Å². The third kappa shape index (κ3) is 4.68. The number of carbonyl (C=O) groups excluding carboxylic acids is 3. The van der Waals surface area contributed by atoms with E-state index in [0.717, 1.165) is 27.9 Å². The molecular formula is C34H33N3O3S. The third-order valence-electron chi connectivity index (χ3n) is 9.36. The van der Waals surface area contributed by atoms with Crippen LogP contribution in [0.2, 0.25) is 0 Å². The Bertz CT molecular complexity index is 1600. The van der Waals surface area contributed by atoms with Crippen LogP contribution in [0.15, 0.2) is 90.3 Å². The zero-order valence-electron chi connectivity index (χ0n) is 23.5. The number of piperidine rings is 1. The predicted molar refractivity (Wildman–Crippen MR) is 162 cm³/mol. The van der Waals surface area contributed by atoms with Crippen LogP contribution in [-0.4, -0.2) is 33.6 Å². The fraction of sp³-hybridized carbons (Fsp3) is 0.294. The second-order valence-electron chi connectivity index (χ2n) is 11.8. The molecule has 3 amide bonds. The Kier molecular flexibility index (Phi) is 6.86. The number of imide groups is 1. The lowest BCUT2D eigenvalue weighted by atomic mass is 9.62. The van der Waals surface area contributed by atoms with Gasteiger partial charge in [0.1, 0.15) is 6.04 Å². The van der Waals surface area contributed by atoms with E-state index in [9.17, 15) is 14.4 Å². The van der Waals surface area contributed by atoms with Crippen LogP contribution in [0.25, 0.3) is 22.4 Å². The number of hydrogen-bond acceptors (Lipinski definition) is 5. The number of rotatable bonds is 7. The summed E-state index contributed by atoms with van der Waals surface area (Å²) in [6.45, 7) is 5.96. The van der Waals surface area contributed by atoms with Crippen LogP contribution in [-0.2, 0) is 20.8 Å². The van der Waals surface area contributed by atoms with E-state index in [2.05, 4.69) is 34.6 Å². The number of fused-ring (bicyclic) bond motifs is 2. The smallest absolute Gasteiger partial charge is 0.249 e. The highest BCUT2D eigenvalue weighted by atomic mass is 32.1. The largest absolute Gasteiger partial charge is 0.300 e. The standard InChI is InChI=1S/C34H33N3O3S/c1-33(2)26-18-19-34(33,3)31(40)37(30(26)39)28(20-22-10-6-4-7-11-22)29(38)36-32-35-27(21-41-32)25-16-14-24(15-17-25)23-12-8-5-9-13-23/h4-17,21,26,28H,18-20H2,1-3H3,(H,35,36,38). The van der Waals surface area contributed by atoms with Gasteiger partial charge in [-0.1, -0.05) is 106 Å². The predicted octanol–water partition coefficient (Wildman–Crippen LogP) is 6.84. The number of nitrogens with one attached hydrogen (secondary N) is 1. The minimum atomic E-state index is -0.967. The molecule has 4 aromatic rings. The number of benzene rings is 3. The molecule has 2 aliphatic rings. The van der Waals surface area contributed by atoms with Crippen LogP contribution in [0, 0.1) is 16.7 Å². The Morgan fingerprint density at radius 3 is 2.22 bits per heavy atom. The van der Waals surface area contributed by atoms with Crippen molar-refractivity contribution in [2.75, 3.05) is 5.32 Å². The summed E-state index contributed by atoms with van der Waals surface area (Å²) in [5, 5.41) is 5.27. The van der Waals surface area contributed by atoms with Gasteiger partial charge in [-0.3, -0.25) is 19.3 Å². The lowest BCUT2D eigenvalue weighted by Gasteiger charge is -2.49. The van der Waals surface area contributed by atoms with Crippen molar-refractivity contribution in [3.05, 3.63) is 95.9 Å². The first-order valence-corrected chi connectivity index (χ1v) is 14.9. The quantitative estimate of drug-likeness (QED) is 0.250. The number of hydrogen-bond donors (Lipinski definition) is 1. The van der Waals surface area contributed by atoms with Gasteiger partial charge in [0.15, 0.2) is 5.13 Å². The van der Waals surface area contributed by atoms with Crippen molar-refractivity contribution in [2.24, 2.45) is 16.7 Å². The highest BCUT2D eigenvalue weighted by Crippen LogP contribution is 2.60. The highest BCUT2D eigenvalue weighted by Gasteiger charge is 2.65. The Morgan fingerprint density at radius 1 is 0.927 bits per heavy atom. The molecule has 1 aromatic heterocycles. The minimum Gasteiger partial charge on any atom is -0.300 e. The molecule has 2 bridgehead atoms. The summed E-state index contributed by atoms with van der Waals surface area (Å²) >= 11 is 1.33. The van der Waals surface area contributed by atoms with Gasteiger partial charge in [-0.25, -0.2) is 4.98 Å². The first-order valence-electron chi connectivity index (χ1n) is 14.0. The van der Waals surface area contributed by atoms with Crippen LogP contribution < -0.4 is 5.32 Å². The molecule has 6 nitrogen and oxygen atoms in total. The number of nitrogens with zero attached hydrogens (tertiary/aromatic N) is 2. The van der Waals surface area contributed by atoms with Crippen molar-refractivity contribution in [3.8, 4) is 22.4 Å². The average molecular weight is 564 g/mol. The molecule has 1 saturated carbocycles. The Morgan fingerprint density at radius 2 is 1.54 bits per heavy atom. The number of amides is 3. The van der Waals surface area contributed by atoms with E-state index < -0.39 is 22.8 Å². The van der Waals surface area contributed by atoms with Crippen molar-refractivity contribution in [1.29, 1.82) is 0 Å². The fourth-order valence-corrected chi connectivity index (χ4v) is 7.12. The van der Waals surface area contributed by atoms with Gasteiger partial charge >= 0.3 is 0 Å². The monoisotopic (exact) mass is 563 g/mol. The summed E-state index contributed by atoms with van der Waals surface area (Å²) in [4.78, 5) is 47.5. The first-order chi connectivity index (χ1) is 19.7. The van der Waals surface area contributed by atoms with E-state index in [4.69, 9.17) is 0 Å². The van der Waals surface area contributed by atoms with Gasteiger partial charge in [0, 0.05) is 23.3 Å². The Hall–Kier alpha value is -4.10. The van der Waals surface area contributed by atoms with Crippen molar-refractivity contribution < 1.29 is 14.4 Å². The lowest BCUT2D eigenvalue weighted by Crippen LogP contribution is -2.64. The van der Waals surface area contributed by atoms with E-state index in [1.807, 2.05) is 86.8 Å². The molecule has 6 rings (SSSR count). The topological polar surface area (TPSA) is 79.4 Å². The molecule has 3 atom stereocenters. The van der Waals surface area contributed by atoms with Crippen molar-refractivity contribution >= 4 is 34.2 Å². The van der Waals surface area contributed by atoms with Crippen molar-refractivity contribution in [1.82, 2.24) is 9.88 Å². The average Bonchev–Trinajstić information content (AvgIpc) is 3.52. The van der Waals surface area contributed by atoms with Gasteiger partial charge in [-0.05, 0) is 34.9 Å². The molecule has 1 saturated heterocycles. The number of anilines is 1. The van der Waals surface area contributed by atoms with Crippen LogP contribution in [0.1, 0.15) is 39.2 Å². The molecule has 2 heterocycles. The molecule has 7 heteroatoms. The fourth-order valence-electron chi connectivity index (χ4n) is 6.40. The lowest BCUT2D eigenvalue weighted by molar-refractivity contribution is -0.172. The molecule has 1 N–H and O–H groups in total. The van der Waals surface area contributed by atoms with Crippen LogP contribution in [0.4, 0.5) is 5.13 Å². The molecule has 0 radical (unpaired) electrons. The first kappa shape index (κ1) is 27.1. The third-order valence-corrected chi connectivity index (χ3v) is 10.1. The highest BCUT2D eigenvalue weighted by molar-refractivity contribution is 7.14. The number of thiazole rings is 1. The summed E-state index contributed by atoms with van der Waals surface area (Å²) in [5.41, 5.74) is 3.68. The van der Waals surface area contributed by atoms with Crippen LogP contribution in [0.5, 0.6) is 0 Å².